The predicted molar refractivity (Wildman–Crippen MR) is 53.8 cm³/mol. The number of nitrogens with zero attached hydrogens (tertiary/aromatic N) is 3. The van der Waals surface area contributed by atoms with E-state index in [0.717, 1.165) is 12.1 Å². The highest BCUT2D eigenvalue weighted by molar-refractivity contribution is 5.08. The van der Waals surface area contributed by atoms with Gasteiger partial charge in [0.15, 0.2) is 0 Å². The molecule has 3 heteroatoms. The summed E-state index contributed by atoms with van der Waals surface area (Å²) in [6.07, 6.45) is 3.49. The van der Waals surface area contributed by atoms with E-state index in [2.05, 4.69) is 38.0 Å². The standard InChI is InChI=1S/C10H19N3/c1-5-6-7-10-9(4)13(8(2)3)12-11-10/h8H,5-7H2,1-4H3. The third-order valence-electron chi connectivity index (χ3n) is 2.28. The largest absolute Gasteiger partial charge is 0.247 e. The van der Waals surface area contributed by atoms with E-state index in [-0.39, 0.29) is 0 Å². The fraction of sp³-hybridized carbons (Fsp3) is 0.800. The molecule has 0 aromatic carbocycles. The molecule has 3 nitrogen and oxygen atoms in total. The van der Waals surface area contributed by atoms with E-state index in [4.69, 9.17) is 0 Å². The Kier molecular flexibility index (Phi) is 3.46. The summed E-state index contributed by atoms with van der Waals surface area (Å²) in [6.45, 7) is 8.56. The molecule has 1 rings (SSSR count). The Morgan fingerprint density at radius 1 is 1.38 bits per heavy atom. The first kappa shape index (κ1) is 10.2. The normalized spacial score (nSPS) is 11.2. The molecular formula is C10H19N3. The van der Waals surface area contributed by atoms with Gasteiger partial charge in [-0.1, -0.05) is 18.6 Å². The van der Waals surface area contributed by atoms with Gasteiger partial charge in [0.05, 0.1) is 11.4 Å². The molecule has 0 bridgehead atoms. The van der Waals surface area contributed by atoms with E-state index < -0.39 is 0 Å². The lowest BCUT2D eigenvalue weighted by atomic mass is 10.2. The van der Waals surface area contributed by atoms with Crippen LogP contribution >= 0.6 is 0 Å². The maximum absolute atomic E-state index is 4.19. The van der Waals surface area contributed by atoms with Crippen LogP contribution in [0.2, 0.25) is 0 Å². The zero-order chi connectivity index (χ0) is 9.84. The fourth-order valence-corrected chi connectivity index (χ4v) is 1.44. The first-order valence-corrected chi connectivity index (χ1v) is 5.07. The number of rotatable bonds is 4. The van der Waals surface area contributed by atoms with Crippen LogP contribution < -0.4 is 0 Å². The molecule has 0 aliphatic rings. The van der Waals surface area contributed by atoms with Gasteiger partial charge in [0.25, 0.3) is 0 Å². The van der Waals surface area contributed by atoms with Crippen molar-refractivity contribution in [3.05, 3.63) is 11.4 Å². The quantitative estimate of drug-likeness (QED) is 0.714. The van der Waals surface area contributed by atoms with Gasteiger partial charge < -0.3 is 0 Å². The molecular weight excluding hydrogens is 162 g/mol. The Labute approximate surface area is 80.1 Å². The van der Waals surface area contributed by atoms with E-state index in [9.17, 15) is 0 Å². The number of aromatic nitrogens is 3. The van der Waals surface area contributed by atoms with Crippen molar-refractivity contribution >= 4 is 0 Å². The second-order valence-corrected chi connectivity index (χ2v) is 3.76. The maximum atomic E-state index is 4.19. The van der Waals surface area contributed by atoms with Crippen molar-refractivity contribution in [3.63, 3.8) is 0 Å². The molecule has 1 aromatic rings. The summed E-state index contributed by atoms with van der Waals surface area (Å²) < 4.78 is 1.99. The van der Waals surface area contributed by atoms with Crippen LogP contribution in [0.25, 0.3) is 0 Å². The molecule has 0 spiro atoms. The van der Waals surface area contributed by atoms with Crippen LogP contribution in [0.4, 0.5) is 0 Å². The SMILES string of the molecule is CCCCc1nnn(C(C)C)c1C. The smallest absolute Gasteiger partial charge is 0.0856 e. The van der Waals surface area contributed by atoms with Crippen molar-refractivity contribution in [1.82, 2.24) is 15.0 Å². The Morgan fingerprint density at radius 2 is 2.08 bits per heavy atom. The lowest BCUT2D eigenvalue weighted by molar-refractivity contribution is 0.502. The van der Waals surface area contributed by atoms with E-state index in [1.165, 1.54) is 18.5 Å². The molecule has 0 aliphatic heterocycles. The molecule has 13 heavy (non-hydrogen) atoms. The van der Waals surface area contributed by atoms with Gasteiger partial charge in [-0.15, -0.1) is 5.10 Å². The van der Waals surface area contributed by atoms with Crippen LogP contribution in [-0.2, 0) is 6.42 Å². The lowest BCUT2D eigenvalue weighted by Crippen LogP contribution is -2.05. The molecule has 0 amide bonds. The third-order valence-corrected chi connectivity index (χ3v) is 2.28. The zero-order valence-electron chi connectivity index (χ0n) is 9.04. The molecule has 0 saturated heterocycles. The molecule has 0 N–H and O–H groups in total. The van der Waals surface area contributed by atoms with Crippen LogP contribution in [0, 0.1) is 6.92 Å². The molecule has 0 radical (unpaired) electrons. The van der Waals surface area contributed by atoms with Crippen LogP contribution in [0.1, 0.15) is 51.0 Å². The van der Waals surface area contributed by atoms with Crippen molar-refractivity contribution in [2.24, 2.45) is 0 Å². The lowest BCUT2D eigenvalue weighted by Gasteiger charge is -2.06. The highest BCUT2D eigenvalue weighted by Crippen LogP contribution is 2.12. The van der Waals surface area contributed by atoms with Gasteiger partial charge in [0.1, 0.15) is 0 Å². The maximum Gasteiger partial charge on any atom is 0.0856 e. The first-order chi connectivity index (χ1) is 6.16. The molecule has 74 valence electrons. The topological polar surface area (TPSA) is 30.7 Å². The summed E-state index contributed by atoms with van der Waals surface area (Å²) >= 11 is 0. The minimum atomic E-state index is 0.419. The van der Waals surface area contributed by atoms with E-state index in [0.29, 0.717) is 6.04 Å². The molecule has 1 aromatic heterocycles. The fourth-order valence-electron chi connectivity index (χ4n) is 1.44. The monoisotopic (exact) mass is 181 g/mol. The number of unbranched alkanes of at least 4 members (excludes halogenated alkanes) is 1. The highest BCUT2D eigenvalue weighted by Gasteiger charge is 2.09. The Bertz CT molecular complexity index is 263. The molecule has 0 unspecified atom stereocenters. The molecule has 0 aliphatic carbocycles. The third kappa shape index (κ3) is 2.29. The second-order valence-electron chi connectivity index (χ2n) is 3.76. The van der Waals surface area contributed by atoms with Gasteiger partial charge in [0, 0.05) is 6.04 Å². The van der Waals surface area contributed by atoms with Gasteiger partial charge in [0.2, 0.25) is 0 Å². The van der Waals surface area contributed by atoms with Crippen LogP contribution in [0.5, 0.6) is 0 Å². The summed E-state index contributed by atoms with van der Waals surface area (Å²) in [5.41, 5.74) is 2.39. The summed E-state index contributed by atoms with van der Waals surface area (Å²) in [5.74, 6) is 0. The molecule has 1 heterocycles. The van der Waals surface area contributed by atoms with Gasteiger partial charge in [-0.2, -0.15) is 0 Å². The summed E-state index contributed by atoms with van der Waals surface area (Å²) in [7, 11) is 0. The first-order valence-electron chi connectivity index (χ1n) is 5.07. The average Bonchev–Trinajstić information content (AvgIpc) is 2.43. The van der Waals surface area contributed by atoms with Crippen molar-refractivity contribution < 1.29 is 0 Å². The van der Waals surface area contributed by atoms with Gasteiger partial charge >= 0.3 is 0 Å². The van der Waals surface area contributed by atoms with Gasteiger partial charge in [-0.3, -0.25) is 0 Å². The Morgan fingerprint density at radius 3 is 2.54 bits per heavy atom. The van der Waals surface area contributed by atoms with Crippen LogP contribution in [0.3, 0.4) is 0 Å². The zero-order valence-corrected chi connectivity index (χ0v) is 9.04. The number of hydrogen-bond donors (Lipinski definition) is 0. The van der Waals surface area contributed by atoms with Crippen LogP contribution in [-0.4, -0.2) is 15.0 Å². The number of hydrogen-bond acceptors (Lipinski definition) is 2. The number of aryl methyl sites for hydroxylation is 1. The Balaban J connectivity index is 2.74. The molecule has 0 fully saturated rings. The minimum Gasteiger partial charge on any atom is -0.247 e. The van der Waals surface area contributed by atoms with Crippen molar-refractivity contribution in [1.29, 1.82) is 0 Å². The van der Waals surface area contributed by atoms with Gasteiger partial charge in [-0.25, -0.2) is 4.68 Å². The predicted octanol–water partition coefficient (Wildman–Crippen LogP) is 2.51. The van der Waals surface area contributed by atoms with E-state index in [1.807, 2.05) is 4.68 Å². The second kappa shape index (κ2) is 4.40. The van der Waals surface area contributed by atoms with Gasteiger partial charge in [-0.05, 0) is 33.6 Å². The Hall–Kier alpha value is -0.860. The molecule has 0 atom stereocenters. The van der Waals surface area contributed by atoms with Crippen molar-refractivity contribution in [2.45, 2.75) is 53.0 Å². The van der Waals surface area contributed by atoms with Crippen molar-refractivity contribution in [3.8, 4) is 0 Å². The van der Waals surface area contributed by atoms with Crippen LogP contribution in [0.15, 0.2) is 0 Å². The van der Waals surface area contributed by atoms with Crippen molar-refractivity contribution in [2.75, 3.05) is 0 Å². The highest BCUT2D eigenvalue weighted by atomic mass is 15.4. The molecule has 0 saturated carbocycles. The minimum absolute atomic E-state index is 0.419. The summed E-state index contributed by atoms with van der Waals surface area (Å²) in [4.78, 5) is 0. The van der Waals surface area contributed by atoms with E-state index >= 15 is 0 Å². The summed E-state index contributed by atoms with van der Waals surface area (Å²) in [5, 5.41) is 8.32. The summed E-state index contributed by atoms with van der Waals surface area (Å²) in [6, 6.07) is 0.419. The van der Waals surface area contributed by atoms with E-state index in [1.54, 1.807) is 0 Å². The average molecular weight is 181 g/mol.